The van der Waals surface area contributed by atoms with E-state index in [4.69, 9.17) is 14.2 Å². The quantitative estimate of drug-likeness (QED) is 0.613. The van der Waals surface area contributed by atoms with Gasteiger partial charge < -0.3 is 9.15 Å². The number of hydrogen-bond acceptors (Lipinski definition) is 5. The summed E-state index contributed by atoms with van der Waals surface area (Å²) in [5, 5.41) is 0. The molecule has 1 aromatic rings. The second-order valence-electron chi connectivity index (χ2n) is 4.46. The average Bonchev–Trinajstić information content (AvgIpc) is 2.66. The van der Waals surface area contributed by atoms with Gasteiger partial charge in [-0.15, -0.1) is 0 Å². The molecule has 0 aliphatic carbocycles. The van der Waals surface area contributed by atoms with Crippen LogP contribution in [0.3, 0.4) is 0 Å². The highest BCUT2D eigenvalue weighted by Gasteiger charge is 2.25. The Hall–Kier alpha value is -1.33. The lowest BCUT2D eigenvalue weighted by atomic mass is 10.1. The highest BCUT2D eigenvalue weighted by molar-refractivity contribution is 5.69. The standard InChI is InChI=1S/C13H18O5/c1-9-6-7-11(16-9)12-5-3-4-10(17-18-12)8-13(14)15-2/h6-7,10,12H,3-5,8H2,1-2H3/t10-,12+/m1/s1. The van der Waals surface area contributed by atoms with Crippen molar-refractivity contribution >= 4 is 5.97 Å². The van der Waals surface area contributed by atoms with Crippen molar-refractivity contribution in [2.24, 2.45) is 0 Å². The summed E-state index contributed by atoms with van der Waals surface area (Å²) in [5.41, 5.74) is 0. The van der Waals surface area contributed by atoms with Gasteiger partial charge in [0.2, 0.25) is 0 Å². The average molecular weight is 254 g/mol. The van der Waals surface area contributed by atoms with Gasteiger partial charge in [-0.3, -0.25) is 4.79 Å². The molecule has 1 saturated heterocycles. The van der Waals surface area contributed by atoms with E-state index in [2.05, 4.69) is 4.74 Å². The highest BCUT2D eigenvalue weighted by Crippen LogP contribution is 2.30. The summed E-state index contributed by atoms with van der Waals surface area (Å²) in [6, 6.07) is 3.79. The van der Waals surface area contributed by atoms with Crippen LogP contribution in [0.15, 0.2) is 16.5 Å². The molecule has 2 rings (SSSR count). The van der Waals surface area contributed by atoms with Gasteiger partial charge in [0, 0.05) is 0 Å². The van der Waals surface area contributed by atoms with Crippen molar-refractivity contribution < 1.29 is 23.7 Å². The zero-order valence-electron chi connectivity index (χ0n) is 10.7. The van der Waals surface area contributed by atoms with Crippen LogP contribution in [0, 0.1) is 6.92 Å². The van der Waals surface area contributed by atoms with Gasteiger partial charge in [-0.05, 0) is 38.3 Å². The molecule has 0 N–H and O–H groups in total. The maximum atomic E-state index is 11.2. The second kappa shape index (κ2) is 6.02. The minimum Gasteiger partial charge on any atom is -0.469 e. The summed E-state index contributed by atoms with van der Waals surface area (Å²) in [6.45, 7) is 1.89. The van der Waals surface area contributed by atoms with E-state index in [0.29, 0.717) is 0 Å². The van der Waals surface area contributed by atoms with Crippen molar-refractivity contribution in [1.82, 2.24) is 0 Å². The number of methoxy groups -OCH3 is 1. The highest BCUT2D eigenvalue weighted by atomic mass is 17.2. The topological polar surface area (TPSA) is 57.9 Å². The molecule has 0 amide bonds. The first-order valence-electron chi connectivity index (χ1n) is 6.14. The van der Waals surface area contributed by atoms with Crippen LogP contribution < -0.4 is 0 Å². The van der Waals surface area contributed by atoms with E-state index in [1.165, 1.54) is 7.11 Å². The van der Waals surface area contributed by atoms with Crippen molar-refractivity contribution in [2.75, 3.05) is 7.11 Å². The number of hydrogen-bond donors (Lipinski definition) is 0. The summed E-state index contributed by atoms with van der Waals surface area (Å²) < 4.78 is 10.1. The molecule has 0 unspecified atom stereocenters. The van der Waals surface area contributed by atoms with Crippen LogP contribution in [0.4, 0.5) is 0 Å². The predicted octanol–water partition coefficient (Wildman–Crippen LogP) is 2.69. The number of ether oxygens (including phenoxy) is 1. The summed E-state index contributed by atoms with van der Waals surface area (Å²) in [7, 11) is 1.37. The van der Waals surface area contributed by atoms with Crippen LogP contribution in [-0.2, 0) is 19.3 Å². The maximum Gasteiger partial charge on any atom is 0.308 e. The monoisotopic (exact) mass is 254 g/mol. The summed E-state index contributed by atoms with van der Waals surface area (Å²) in [5.74, 6) is 1.34. The molecule has 18 heavy (non-hydrogen) atoms. The SMILES string of the molecule is COC(=O)C[C@H]1CCC[C@@H](c2ccc(C)o2)OO1. The van der Waals surface area contributed by atoms with Crippen molar-refractivity contribution in [1.29, 1.82) is 0 Å². The van der Waals surface area contributed by atoms with E-state index in [9.17, 15) is 4.79 Å². The molecular formula is C13H18O5. The van der Waals surface area contributed by atoms with E-state index >= 15 is 0 Å². The molecule has 5 nitrogen and oxygen atoms in total. The molecule has 0 aromatic carbocycles. The zero-order chi connectivity index (χ0) is 13.0. The van der Waals surface area contributed by atoms with Crippen molar-refractivity contribution in [3.8, 4) is 0 Å². The lowest BCUT2D eigenvalue weighted by molar-refractivity contribution is -0.349. The lowest BCUT2D eigenvalue weighted by Gasteiger charge is -2.13. The Morgan fingerprint density at radius 2 is 2.22 bits per heavy atom. The molecule has 0 spiro atoms. The van der Waals surface area contributed by atoms with Gasteiger partial charge in [0.05, 0.1) is 13.5 Å². The molecule has 0 bridgehead atoms. The van der Waals surface area contributed by atoms with Crippen molar-refractivity contribution in [3.05, 3.63) is 23.7 Å². The predicted molar refractivity (Wildman–Crippen MR) is 62.6 cm³/mol. The fourth-order valence-corrected chi connectivity index (χ4v) is 1.99. The number of esters is 1. The first-order chi connectivity index (χ1) is 8.69. The third-order valence-corrected chi connectivity index (χ3v) is 3.00. The Bertz CT molecular complexity index is 398. The molecule has 1 fully saturated rings. The minimum atomic E-state index is -0.282. The van der Waals surface area contributed by atoms with Gasteiger partial charge in [-0.1, -0.05) is 0 Å². The Morgan fingerprint density at radius 1 is 1.39 bits per heavy atom. The van der Waals surface area contributed by atoms with Crippen LogP contribution in [0.2, 0.25) is 0 Å². The molecule has 5 heteroatoms. The second-order valence-corrected chi connectivity index (χ2v) is 4.46. The van der Waals surface area contributed by atoms with Crippen LogP contribution in [-0.4, -0.2) is 19.2 Å². The summed E-state index contributed by atoms with van der Waals surface area (Å²) >= 11 is 0. The van der Waals surface area contributed by atoms with Crippen LogP contribution in [0.1, 0.15) is 43.3 Å². The minimum absolute atomic E-state index is 0.193. The first-order valence-corrected chi connectivity index (χ1v) is 6.14. The number of carbonyl (C=O) groups excluding carboxylic acids is 1. The molecule has 2 atom stereocenters. The van der Waals surface area contributed by atoms with Gasteiger partial charge >= 0.3 is 5.97 Å². The summed E-state index contributed by atoms with van der Waals surface area (Å²) in [6.07, 6.45) is 2.32. The normalized spacial score (nSPS) is 24.6. The smallest absolute Gasteiger partial charge is 0.308 e. The third-order valence-electron chi connectivity index (χ3n) is 3.00. The molecule has 1 aliphatic heterocycles. The fourth-order valence-electron chi connectivity index (χ4n) is 1.99. The van der Waals surface area contributed by atoms with E-state index in [1.54, 1.807) is 0 Å². The third kappa shape index (κ3) is 3.34. The molecule has 100 valence electrons. The van der Waals surface area contributed by atoms with E-state index in [0.717, 1.165) is 30.8 Å². The number of rotatable bonds is 3. The van der Waals surface area contributed by atoms with Crippen LogP contribution >= 0.6 is 0 Å². The van der Waals surface area contributed by atoms with Crippen LogP contribution in [0.25, 0.3) is 0 Å². The lowest BCUT2D eigenvalue weighted by Crippen LogP contribution is -2.17. The van der Waals surface area contributed by atoms with Gasteiger partial charge in [0.25, 0.3) is 0 Å². The van der Waals surface area contributed by atoms with Gasteiger partial charge in [-0.2, -0.15) is 0 Å². The molecule has 2 heterocycles. The molecule has 1 aromatic heterocycles. The van der Waals surface area contributed by atoms with Gasteiger partial charge in [0.15, 0.2) is 6.10 Å². The van der Waals surface area contributed by atoms with Crippen LogP contribution in [0.5, 0.6) is 0 Å². The molecule has 0 radical (unpaired) electrons. The summed E-state index contributed by atoms with van der Waals surface area (Å²) in [4.78, 5) is 21.8. The Balaban J connectivity index is 1.90. The molecular weight excluding hydrogens is 236 g/mol. The van der Waals surface area contributed by atoms with E-state index < -0.39 is 0 Å². The van der Waals surface area contributed by atoms with Gasteiger partial charge in [0.1, 0.15) is 17.6 Å². The van der Waals surface area contributed by atoms with Crippen molar-refractivity contribution in [3.63, 3.8) is 0 Å². The van der Waals surface area contributed by atoms with Gasteiger partial charge in [-0.25, -0.2) is 9.78 Å². The van der Waals surface area contributed by atoms with Crippen molar-refractivity contribution in [2.45, 2.75) is 44.8 Å². The van der Waals surface area contributed by atoms with E-state index in [-0.39, 0.29) is 24.6 Å². The largest absolute Gasteiger partial charge is 0.469 e. The molecule has 0 saturated carbocycles. The fraction of sp³-hybridized carbons (Fsp3) is 0.615. The Kier molecular flexibility index (Phi) is 4.38. The number of furan rings is 1. The zero-order valence-corrected chi connectivity index (χ0v) is 10.7. The molecule has 1 aliphatic rings. The Morgan fingerprint density at radius 3 is 2.89 bits per heavy atom. The Labute approximate surface area is 106 Å². The number of aryl methyl sites for hydroxylation is 1. The first kappa shape index (κ1) is 13.1. The van der Waals surface area contributed by atoms with E-state index in [1.807, 2.05) is 19.1 Å². The maximum absolute atomic E-state index is 11.2. The number of carbonyl (C=O) groups is 1.